The van der Waals surface area contributed by atoms with Gasteiger partial charge in [0.15, 0.2) is 11.5 Å². The van der Waals surface area contributed by atoms with Gasteiger partial charge in [0.25, 0.3) is 0 Å². The number of hydrogen-bond donors (Lipinski definition) is 0. The number of carbonyl (C=O) groups is 1. The molecule has 0 amide bonds. The molecule has 0 aliphatic heterocycles. The van der Waals surface area contributed by atoms with Crippen LogP contribution in [0.1, 0.15) is 16.7 Å². The molecule has 0 N–H and O–H groups in total. The highest BCUT2D eigenvalue weighted by Gasteiger charge is 2.04. The maximum Gasteiger partial charge on any atom is 0.331 e. The molecule has 120 valence electrons. The molecular weight excluding hydrogens is 292 g/mol. The van der Waals surface area contributed by atoms with Crippen molar-refractivity contribution in [3.63, 3.8) is 0 Å². The van der Waals surface area contributed by atoms with Crippen molar-refractivity contribution in [2.24, 2.45) is 0 Å². The summed E-state index contributed by atoms with van der Waals surface area (Å²) in [5.74, 6) is 0.870. The van der Waals surface area contributed by atoms with Crippen LogP contribution in [0.5, 0.6) is 11.5 Å². The summed E-state index contributed by atoms with van der Waals surface area (Å²) in [6, 6.07) is 13.3. The van der Waals surface area contributed by atoms with Gasteiger partial charge in [-0.1, -0.05) is 35.9 Å². The molecule has 2 aromatic carbocycles. The second kappa shape index (κ2) is 8.03. The van der Waals surface area contributed by atoms with Crippen molar-refractivity contribution in [3.8, 4) is 11.5 Å². The Morgan fingerprint density at radius 2 is 1.70 bits per heavy atom. The van der Waals surface area contributed by atoms with E-state index in [4.69, 9.17) is 14.2 Å². The van der Waals surface area contributed by atoms with Crippen LogP contribution in [0.2, 0.25) is 0 Å². The van der Waals surface area contributed by atoms with Crippen molar-refractivity contribution in [1.29, 1.82) is 0 Å². The zero-order chi connectivity index (χ0) is 16.7. The van der Waals surface area contributed by atoms with Crippen LogP contribution in [0.4, 0.5) is 0 Å². The molecule has 0 unspecified atom stereocenters. The summed E-state index contributed by atoms with van der Waals surface area (Å²) < 4.78 is 15.6. The fourth-order valence-electron chi connectivity index (χ4n) is 2.01. The molecule has 0 heterocycles. The molecule has 2 rings (SSSR count). The van der Waals surface area contributed by atoms with E-state index in [9.17, 15) is 4.79 Å². The van der Waals surface area contributed by atoms with Gasteiger partial charge in [-0.3, -0.25) is 0 Å². The highest BCUT2D eigenvalue weighted by molar-refractivity contribution is 5.87. The Balaban J connectivity index is 1.94. The Morgan fingerprint density at radius 1 is 1.00 bits per heavy atom. The van der Waals surface area contributed by atoms with Crippen LogP contribution in [-0.2, 0) is 16.1 Å². The third-order valence-electron chi connectivity index (χ3n) is 3.32. The number of rotatable bonds is 6. The lowest BCUT2D eigenvalue weighted by molar-refractivity contribution is -0.138. The normalized spacial score (nSPS) is 10.6. The molecule has 0 aliphatic carbocycles. The van der Waals surface area contributed by atoms with Gasteiger partial charge in [0.05, 0.1) is 14.2 Å². The van der Waals surface area contributed by atoms with E-state index in [2.05, 4.69) is 0 Å². The van der Waals surface area contributed by atoms with E-state index in [1.165, 1.54) is 11.6 Å². The van der Waals surface area contributed by atoms with Crippen LogP contribution in [0.3, 0.4) is 0 Å². The average Bonchev–Trinajstić information content (AvgIpc) is 2.59. The summed E-state index contributed by atoms with van der Waals surface area (Å²) >= 11 is 0. The van der Waals surface area contributed by atoms with Gasteiger partial charge in [-0.05, 0) is 36.3 Å². The monoisotopic (exact) mass is 312 g/mol. The minimum absolute atomic E-state index is 0.259. The summed E-state index contributed by atoms with van der Waals surface area (Å²) in [6.45, 7) is 2.27. The summed E-state index contributed by atoms with van der Waals surface area (Å²) in [4.78, 5) is 11.8. The Morgan fingerprint density at radius 3 is 2.35 bits per heavy atom. The van der Waals surface area contributed by atoms with Gasteiger partial charge in [0.2, 0.25) is 0 Å². The van der Waals surface area contributed by atoms with E-state index in [0.717, 1.165) is 11.1 Å². The second-order valence-corrected chi connectivity index (χ2v) is 5.04. The predicted molar refractivity (Wildman–Crippen MR) is 89.6 cm³/mol. The number of methoxy groups -OCH3 is 2. The van der Waals surface area contributed by atoms with Crippen LogP contribution in [0.15, 0.2) is 48.5 Å². The Hall–Kier alpha value is -2.75. The van der Waals surface area contributed by atoms with Gasteiger partial charge in [0.1, 0.15) is 6.61 Å². The highest BCUT2D eigenvalue weighted by Crippen LogP contribution is 2.27. The quantitative estimate of drug-likeness (QED) is 0.601. The molecule has 0 spiro atoms. The van der Waals surface area contributed by atoms with E-state index in [-0.39, 0.29) is 12.6 Å². The minimum atomic E-state index is -0.389. The minimum Gasteiger partial charge on any atom is -0.493 e. The fourth-order valence-corrected chi connectivity index (χ4v) is 2.01. The number of aryl methyl sites for hydroxylation is 1. The van der Waals surface area contributed by atoms with Gasteiger partial charge in [-0.2, -0.15) is 0 Å². The Labute approximate surface area is 136 Å². The van der Waals surface area contributed by atoms with E-state index < -0.39 is 0 Å². The van der Waals surface area contributed by atoms with Crippen molar-refractivity contribution in [3.05, 3.63) is 65.2 Å². The van der Waals surface area contributed by atoms with Crippen LogP contribution >= 0.6 is 0 Å². The molecule has 0 fully saturated rings. The van der Waals surface area contributed by atoms with Crippen LogP contribution in [0, 0.1) is 6.92 Å². The van der Waals surface area contributed by atoms with Crippen molar-refractivity contribution < 1.29 is 19.0 Å². The standard InChI is InChI=1S/C19H20O4/c1-14-4-6-16(7-5-14)13-23-19(20)11-9-15-8-10-17(21-2)18(12-15)22-3/h4-12H,13H2,1-3H3. The summed E-state index contributed by atoms with van der Waals surface area (Å²) in [6.07, 6.45) is 3.08. The van der Waals surface area contributed by atoms with Crippen molar-refractivity contribution in [2.45, 2.75) is 13.5 Å². The van der Waals surface area contributed by atoms with E-state index >= 15 is 0 Å². The number of benzene rings is 2. The zero-order valence-electron chi connectivity index (χ0n) is 13.5. The molecule has 0 atom stereocenters. The first-order chi connectivity index (χ1) is 11.1. The topological polar surface area (TPSA) is 44.8 Å². The van der Waals surface area contributed by atoms with Crippen LogP contribution in [0.25, 0.3) is 6.08 Å². The van der Waals surface area contributed by atoms with Crippen LogP contribution < -0.4 is 9.47 Å². The lowest BCUT2D eigenvalue weighted by Crippen LogP contribution is -2.00. The maximum absolute atomic E-state index is 11.8. The number of hydrogen-bond acceptors (Lipinski definition) is 4. The first-order valence-corrected chi connectivity index (χ1v) is 7.25. The third kappa shape index (κ3) is 4.88. The highest BCUT2D eigenvalue weighted by atomic mass is 16.5. The van der Waals surface area contributed by atoms with Gasteiger partial charge in [-0.25, -0.2) is 4.79 Å². The molecule has 0 saturated heterocycles. The average molecular weight is 312 g/mol. The number of esters is 1. The molecule has 4 heteroatoms. The molecule has 0 bridgehead atoms. The largest absolute Gasteiger partial charge is 0.493 e. The van der Waals surface area contributed by atoms with Gasteiger partial charge in [0, 0.05) is 6.08 Å². The lowest BCUT2D eigenvalue weighted by Gasteiger charge is -2.07. The van der Waals surface area contributed by atoms with E-state index in [1.54, 1.807) is 32.4 Å². The lowest BCUT2D eigenvalue weighted by atomic mass is 10.2. The first kappa shape index (κ1) is 16.6. The Bertz CT molecular complexity index is 687. The van der Waals surface area contributed by atoms with Gasteiger partial charge < -0.3 is 14.2 Å². The second-order valence-electron chi connectivity index (χ2n) is 5.04. The predicted octanol–water partition coefficient (Wildman–Crippen LogP) is 3.77. The van der Waals surface area contributed by atoms with E-state index in [0.29, 0.717) is 11.5 Å². The van der Waals surface area contributed by atoms with Gasteiger partial charge in [-0.15, -0.1) is 0 Å². The summed E-state index contributed by atoms with van der Waals surface area (Å²) in [5, 5.41) is 0. The Kier molecular flexibility index (Phi) is 5.80. The summed E-state index contributed by atoms with van der Waals surface area (Å²) in [5.41, 5.74) is 2.96. The smallest absolute Gasteiger partial charge is 0.331 e. The zero-order valence-corrected chi connectivity index (χ0v) is 13.5. The maximum atomic E-state index is 11.8. The van der Waals surface area contributed by atoms with Crippen molar-refractivity contribution in [2.75, 3.05) is 14.2 Å². The molecule has 23 heavy (non-hydrogen) atoms. The van der Waals surface area contributed by atoms with Crippen molar-refractivity contribution in [1.82, 2.24) is 0 Å². The molecule has 0 saturated carbocycles. The number of ether oxygens (including phenoxy) is 3. The first-order valence-electron chi connectivity index (χ1n) is 7.25. The summed E-state index contributed by atoms with van der Waals surface area (Å²) in [7, 11) is 3.15. The molecule has 4 nitrogen and oxygen atoms in total. The molecule has 0 radical (unpaired) electrons. The molecule has 0 aromatic heterocycles. The molecule has 2 aromatic rings. The van der Waals surface area contributed by atoms with E-state index in [1.807, 2.05) is 37.3 Å². The third-order valence-corrected chi connectivity index (χ3v) is 3.32. The SMILES string of the molecule is COc1ccc(C=CC(=O)OCc2ccc(C)cc2)cc1OC. The van der Waals surface area contributed by atoms with Gasteiger partial charge >= 0.3 is 5.97 Å². The molecular formula is C19H20O4. The number of carbonyl (C=O) groups excluding carboxylic acids is 1. The van der Waals surface area contributed by atoms with Crippen LogP contribution in [-0.4, -0.2) is 20.2 Å². The van der Waals surface area contributed by atoms with Crippen molar-refractivity contribution >= 4 is 12.0 Å². The fraction of sp³-hybridized carbons (Fsp3) is 0.211. The molecule has 0 aliphatic rings.